The normalized spacial score (nSPS) is 11.8. The van der Waals surface area contributed by atoms with Gasteiger partial charge in [-0.3, -0.25) is 9.59 Å². The van der Waals surface area contributed by atoms with E-state index in [2.05, 4.69) is 10.6 Å². The Bertz CT molecular complexity index is 793. The molecule has 167 valence electrons. The van der Waals surface area contributed by atoms with E-state index in [1.165, 1.54) is 0 Å². The fraction of sp³-hybridized carbons (Fsp3) is 0.400. The van der Waals surface area contributed by atoms with Crippen molar-refractivity contribution in [2.24, 2.45) is 0 Å². The van der Waals surface area contributed by atoms with E-state index in [0.717, 1.165) is 36.8 Å². The van der Waals surface area contributed by atoms with Crippen molar-refractivity contribution in [2.45, 2.75) is 51.5 Å². The lowest BCUT2D eigenvalue weighted by atomic mass is 9.99. The maximum Gasteiger partial charge on any atom is 0.242 e. The molecule has 0 bridgehead atoms. The van der Waals surface area contributed by atoms with Gasteiger partial charge in [0, 0.05) is 19.6 Å². The summed E-state index contributed by atoms with van der Waals surface area (Å²) in [5.41, 5.74) is 1.89. The van der Waals surface area contributed by atoms with Crippen molar-refractivity contribution in [3.63, 3.8) is 0 Å². The van der Waals surface area contributed by atoms with E-state index in [1.807, 2.05) is 30.3 Å². The zero-order chi connectivity index (χ0) is 22.5. The second kappa shape index (κ2) is 13.4. The first-order valence-corrected chi connectivity index (χ1v) is 10.8. The third-order valence-corrected chi connectivity index (χ3v) is 5.08. The lowest BCUT2D eigenvalue weighted by Gasteiger charge is -2.21. The maximum absolute atomic E-state index is 12.8. The first-order valence-electron chi connectivity index (χ1n) is 10.8. The molecule has 0 fully saturated rings. The quantitative estimate of drug-likeness (QED) is 0.371. The number of carbonyl (C=O) groups is 2. The van der Waals surface area contributed by atoms with Crippen molar-refractivity contribution < 1.29 is 19.8 Å². The number of rotatable bonds is 13. The average molecular weight is 426 g/mol. The Labute approximate surface area is 184 Å². The summed E-state index contributed by atoms with van der Waals surface area (Å²) in [5, 5.41) is 24.1. The molecule has 0 heterocycles. The average Bonchev–Trinajstić information content (AvgIpc) is 2.77. The molecule has 0 aliphatic heterocycles. The number of nitrogens with one attached hydrogen (secondary N) is 2. The van der Waals surface area contributed by atoms with E-state index in [4.69, 9.17) is 5.11 Å². The van der Waals surface area contributed by atoms with Crippen LogP contribution in [0.2, 0.25) is 0 Å². The minimum atomic E-state index is -0.708. The number of amides is 2. The summed E-state index contributed by atoms with van der Waals surface area (Å²) in [5.74, 6) is 0.323. The lowest BCUT2D eigenvalue weighted by molar-refractivity contribution is -0.128. The number of phenols is 1. The second-order valence-corrected chi connectivity index (χ2v) is 7.77. The molecular weight excluding hydrogens is 392 g/mol. The van der Waals surface area contributed by atoms with Crippen LogP contribution < -0.4 is 10.6 Å². The van der Waals surface area contributed by atoms with Crippen LogP contribution in [0.15, 0.2) is 54.6 Å². The van der Waals surface area contributed by atoms with Crippen LogP contribution in [0.1, 0.15) is 43.7 Å². The highest BCUT2D eigenvalue weighted by atomic mass is 16.3. The molecule has 2 aromatic rings. The van der Waals surface area contributed by atoms with Crippen molar-refractivity contribution in [2.75, 3.05) is 13.2 Å². The third kappa shape index (κ3) is 9.22. The highest BCUT2D eigenvalue weighted by Gasteiger charge is 2.24. The molecular formula is C25H33N2O4. The van der Waals surface area contributed by atoms with Crippen LogP contribution in [0.3, 0.4) is 0 Å². The van der Waals surface area contributed by atoms with Crippen molar-refractivity contribution >= 4 is 11.8 Å². The molecule has 6 nitrogen and oxygen atoms in total. The van der Waals surface area contributed by atoms with Crippen LogP contribution in [-0.4, -0.2) is 41.2 Å². The maximum atomic E-state index is 12.8. The summed E-state index contributed by atoms with van der Waals surface area (Å²) in [6, 6.07) is 15.7. The first kappa shape index (κ1) is 24.4. The van der Waals surface area contributed by atoms with Gasteiger partial charge in [0.25, 0.3) is 0 Å². The van der Waals surface area contributed by atoms with Crippen LogP contribution in [0.4, 0.5) is 0 Å². The van der Waals surface area contributed by atoms with Gasteiger partial charge in [-0.15, -0.1) is 0 Å². The summed E-state index contributed by atoms with van der Waals surface area (Å²) in [4.78, 5) is 25.6. The van der Waals surface area contributed by atoms with Crippen molar-refractivity contribution in [3.05, 3.63) is 71.6 Å². The van der Waals surface area contributed by atoms with Gasteiger partial charge in [0.1, 0.15) is 11.8 Å². The number of phenolic OH excluding ortho intramolecular Hbond substituents is 1. The molecule has 0 aromatic heterocycles. The van der Waals surface area contributed by atoms with Crippen LogP contribution in [0.25, 0.3) is 0 Å². The Morgan fingerprint density at radius 3 is 2.26 bits per heavy atom. The van der Waals surface area contributed by atoms with Crippen molar-refractivity contribution in [1.82, 2.24) is 10.6 Å². The van der Waals surface area contributed by atoms with E-state index in [-0.39, 0.29) is 24.2 Å². The number of aliphatic hydroxyl groups is 1. The van der Waals surface area contributed by atoms with Crippen LogP contribution in [0.5, 0.6) is 5.75 Å². The number of unbranched alkanes of at least 4 members (excludes halogenated alkanes) is 3. The Morgan fingerprint density at radius 2 is 1.58 bits per heavy atom. The minimum Gasteiger partial charge on any atom is -0.508 e. The highest BCUT2D eigenvalue weighted by Crippen LogP contribution is 2.14. The summed E-state index contributed by atoms with van der Waals surface area (Å²) in [7, 11) is 0. The predicted molar refractivity (Wildman–Crippen MR) is 121 cm³/mol. The van der Waals surface area contributed by atoms with Gasteiger partial charge in [-0.05, 0) is 49.4 Å². The van der Waals surface area contributed by atoms with Crippen LogP contribution in [-0.2, 0) is 22.4 Å². The lowest BCUT2D eigenvalue weighted by Crippen LogP contribution is -2.49. The molecule has 1 radical (unpaired) electrons. The zero-order valence-electron chi connectivity index (χ0n) is 18.1. The van der Waals surface area contributed by atoms with Gasteiger partial charge >= 0.3 is 0 Å². The predicted octanol–water partition coefficient (Wildman–Crippen LogP) is 2.93. The van der Waals surface area contributed by atoms with Gasteiger partial charge in [-0.25, -0.2) is 0 Å². The molecule has 2 amide bonds. The standard InChI is InChI=1S/C25H33N2O4/c1-19(17-20-9-5-4-6-10-20)24(30)27-23(18-21-11-13-22(29)14-12-21)25(31)26-15-7-2-3-8-16-28/h4-6,9-14,23,28-29H,2-3,7-8,15-18H2,1H3,(H,26,31)(H,27,30). The number of aromatic hydroxyl groups is 1. The van der Waals surface area contributed by atoms with Gasteiger partial charge in [0.05, 0.1) is 5.92 Å². The molecule has 0 spiro atoms. The minimum absolute atomic E-state index is 0.156. The number of hydrogen-bond acceptors (Lipinski definition) is 4. The number of aliphatic hydroxyl groups excluding tert-OH is 1. The smallest absolute Gasteiger partial charge is 0.242 e. The fourth-order valence-corrected chi connectivity index (χ4v) is 3.27. The molecule has 1 unspecified atom stereocenters. The Kier molecular flexibility index (Phi) is 10.6. The fourth-order valence-electron chi connectivity index (χ4n) is 3.27. The van der Waals surface area contributed by atoms with E-state index in [0.29, 0.717) is 25.3 Å². The van der Waals surface area contributed by atoms with E-state index in [9.17, 15) is 14.7 Å². The Balaban J connectivity index is 1.96. The van der Waals surface area contributed by atoms with Crippen molar-refractivity contribution in [3.8, 4) is 5.75 Å². The molecule has 2 rings (SSSR count). The first-order chi connectivity index (χ1) is 15.0. The van der Waals surface area contributed by atoms with Gasteiger partial charge in [-0.1, -0.05) is 55.3 Å². The monoisotopic (exact) mass is 425 g/mol. The van der Waals surface area contributed by atoms with Gasteiger partial charge in [-0.2, -0.15) is 0 Å². The van der Waals surface area contributed by atoms with Gasteiger partial charge < -0.3 is 20.8 Å². The SMILES string of the molecule is C[C](Cc1ccccc1)C(=O)NC(Cc1ccc(O)cc1)C(=O)NCCCCCCO. The summed E-state index contributed by atoms with van der Waals surface area (Å²) >= 11 is 0. The van der Waals surface area contributed by atoms with Crippen LogP contribution in [0, 0.1) is 5.92 Å². The van der Waals surface area contributed by atoms with Gasteiger partial charge in [0.15, 0.2) is 0 Å². The molecule has 0 saturated carbocycles. The molecule has 2 aromatic carbocycles. The summed E-state index contributed by atoms with van der Waals surface area (Å²) < 4.78 is 0. The van der Waals surface area contributed by atoms with Gasteiger partial charge in [0.2, 0.25) is 11.8 Å². The molecule has 31 heavy (non-hydrogen) atoms. The molecule has 4 N–H and O–H groups in total. The summed E-state index contributed by atoms with van der Waals surface area (Å²) in [6.07, 6.45) is 4.30. The second-order valence-electron chi connectivity index (χ2n) is 7.77. The third-order valence-electron chi connectivity index (χ3n) is 5.08. The number of carbonyl (C=O) groups excluding carboxylic acids is 2. The number of benzene rings is 2. The molecule has 6 heteroatoms. The van der Waals surface area contributed by atoms with E-state index in [1.54, 1.807) is 31.2 Å². The topological polar surface area (TPSA) is 98.7 Å². The van der Waals surface area contributed by atoms with Crippen LogP contribution >= 0.6 is 0 Å². The molecule has 1 atom stereocenters. The van der Waals surface area contributed by atoms with E-state index >= 15 is 0 Å². The highest BCUT2D eigenvalue weighted by molar-refractivity contribution is 5.94. The zero-order valence-corrected chi connectivity index (χ0v) is 18.1. The van der Waals surface area contributed by atoms with Crippen molar-refractivity contribution in [1.29, 1.82) is 0 Å². The Hall–Kier alpha value is -2.86. The summed E-state index contributed by atoms with van der Waals surface area (Å²) in [6.45, 7) is 2.49. The molecule has 0 aliphatic rings. The molecule has 0 aliphatic carbocycles. The molecule has 0 saturated heterocycles. The van der Waals surface area contributed by atoms with E-state index < -0.39 is 6.04 Å². The largest absolute Gasteiger partial charge is 0.508 e. The number of hydrogen-bond donors (Lipinski definition) is 4. The Morgan fingerprint density at radius 1 is 0.903 bits per heavy atom.